The molecule has 1 amide bonds. The third kappa shape index (κ3) is 2.85. The lowest BCUT2D eigenvalue weighted by atomic mass is 10.0. The molecule has 1 atom stereocenters. The van der Waals surface area contributed by atoms with Crippen molar-refractivity contribution in [2.24, 2.45) is 0 Å². The van der Waals surface area contributed by atoms with Gasteiger partial charge >= 0.3 is 0 Å². The molecule has 20 heavy (non-hydrogen) atoms. The van der Waals surface area contributed by atoms with Crippen molar-refractivity contribution in [1.29, 1.82) is 0 Å². The van der Waals surface area contributed by atoms with Gasteiger partial charge in [0.25, 0.3) is 5.91 Å². The second kappa shape index (κ2) is 5.83. The van der Waals surface area contributed by atoms with Crippen molar-refractivity contribution in [1.82, 2.24) is 15.5 Å². The van der Waals surface area contributed by atoms with Crippen molar-refractivity contribution in [3.63, 3.8) is 0 Å². The van der Waals surface area contributed by atoms with Crippen LogP contribution in [0.25, 0.3) is 11.3 Å². The third-order valence-corrected chi connectivity index (χ3v) is 2.68. The SMILES string of the molecule is CC(C)NC(=O)c1c(-c2cccnc2)noc1[C@H](C)O. The van der Waals surface area contributed by atoms with Crippen LogP contribution in [0.5, 0.6) is 0 Å². The maximum absolute atomic E-state index is 12.3. The zero-order chi connectivity index (χ0) is 14.7. The van der Waals surface area contributed by atoms with E-state index in [-0.39, 0.29) is 23.3 Å². The molecule has 0 spiro atoms. The summed E-state index contributed by atoms with van der Waals surface area (Å²) in [5.41, 5.74) is 1.30. The molecule has 0 aromatic carbocycles. The summed E-state index contributed by atoms with van der Waals surface area (Å²) in [6.45, 7) is 5.24. The van der Waals surface area contributed by atoms with Gasteiger partial charge in [-0.3, -0.25) is 9.78 Å². The Bertz CT molecular complexity index is 591. The van der Waals surface area contributed by atoms with Crippen LogP contribution in [0.1, 0.15) is 43.0 Å². The predicted octanol–water partition coefficient (Wildman–Crippen LogP) is 1.93. The van der Waals surface area contributed by atoms with Gasteiger partial charge in [-0.15, -0.1) is 0 Å². The van der Waals surface area contributed by atoms with E-state index in [2.05, 4.69) is 15.5 Å². The van der Waals surface area contributed by atoms with Gasteiger partial charge in [0.15, 0.2) is 5.76 Å². The van der Waals surface area contributed by atoms with Gasteiger partial charge in [0.05, 0.1) is 0 Å². The lowest BCUT2D eigenvalue weighted by Gasteiger charge is -2.10. The first-order valence-electron chi connectivity index (χ1n) is 6.39. The molecule has 0 unspecified atom stereocenters. The average molecular weight is 275 g/mol. The van der Waals surface area contributed by atoms with Crippen molar-refractivity contribution in [3.05, 3.63) is 35.9 Å². The number of carbonyl (C=O) groups excluding carboxylic acids is 1. The van der Waals surface area contributed by atoms with E-state index in [1.54, 1.807) is 24.5 Å². The van der Waals surface area contributed by atoms with Crippen molar-refractivity contribution in [2.45, 2.75) is 32.9 Å². The highest BCUT2D eigenvalue weighted by Crippen LogP contribution is 2.28. The van der Waals surface area contributed by atoms with E-state index < -0.39 is 6.10 Å². The molecule has 0 radical (unpaired) electrons. The Kier molecular flexibility index (Phi) is 4.14. The van der Waals surface area contributed by atoms with E-state index in [0.717, 1.165) is 0 Å². The first-order valence-corrected chi connectivity index (χ1v) is 6.39. The van der Waals surface area contributed by atoms with Gasteiger partial charge in [-0.1, -0.05) is 5.16 Å². The predicted molar refractivity (Wildman–Crippen MR) is 73.0 cm³/mol. The Morgan fingerprint density at radius 3 is 2.70 bits per heavy atom. The number of aliphatic hydroxyl groups is 1. The minimum atomic E-state index is -0.916. The van der Waals surface area contributed by atoms with E-state index >= 15 is 0 Å². The Morgan fingerprint density at radius 2 is 2.15 bits per heavy atom. The molecule has 2 rings (SSSR count). The largest absolute Gasteiger partial charge is 0.385 e. The summed E-state index contributed by atoms with van der Waals surface area (Å²) in [4.78, 5) is 16.3. The van der Waals surface area contributed by atoms with Gasteiger partial charge in [0.1, 0.15) is 17.4 Å². The van der Waals surface area contributed by atoms with Crippen molar-refractivity contribution in [3.8, 4) is 11.3 Å². The summed E-state index contributed by atoms with van der Waals surface area (Å²) in [7, 11) is 0. The monoisotopic (exact) mass is 275 g/mol. The Labute approximate surface area is 116 Å². The normalized spacial score (nSPS) is 12.4. The molecule has 6 nitrogen and oxygen atoms in total. The molecule has 2 aromatic heterocycles. The topological polar surface area (TPSA) is 88.3 Å². The molecule has 0 saturated carbocycles. The molecule has 0 aliphatic heterocycles. The fraction of sp³-hybridized carbons (Fsp3) is 0.357. The first kappa shape index (κ1) is 14.2. The molecule has 0 aliphatic carbocycles. The lowest BCUT2D eigenvalue weighted by molar-refractivity contribution is 0.0930. The standard InChI is InChI=1S/C14H17N3O3/c1-8(2)16-14(19)11-12(10-5-4-6-15-7-10)17-20-13(11)9(3)18/h4-9,18H,1-3H3,(H,16,19)/t9-/m0/s1. The van der Waals surface area contributed by atoms with E-state index in [4.69, 9.17) is 4.52 Å². The Morgan fingerprint density at radius 1 is 1.40 bits per heavy atom. The van der Waals surface area contributed by atoms with Crippen molar-refractivity contribution in [2.75, 3.05) is 0 Å². The van der Waals surface area contributed by atoms with Gasteiger partial charge < -0.3 is 14.9 Å². The molecule has 2 heterocycles. The Balaban J connectivity index is 2.51. The lowest BCUT2D eigenvalue weighted by Crippen LogP contribution is -2.31. The number of hydrogen-bond acceptors (Lipinski definition) is 5. The summed E-state index contributed by atoms with van der Waals surface area (Å²) >= 11 is 0. The van der Waals surface area contributed by atoms with Crippen molar-refractivity contribution < 1.29 is 14.4 Å². The molecule has 0 fully saturated rings. The van der Waals surface area contributed by atoms with Crippen LogP contribution in [0.2, 0.25) is 0 Å². The van der Waals surface area contributed by atoms with Crippen LogP contribution in [0.4, 0.5) is 0 Å². The number of amides is 1. The van der Waals surface area contributed by atoms with Gasteiger partial charge in [0.2, 0.25) is 0 Å². The van der Waals surface area contributed by atoms with Gasteiger partial charge in [0, 0.05) is 24.0 Å². The smallest absolute Gasteiger partial charge is 0.257 e. The zero-order valence-electron chi connectivity index (χ0n) is 11.6. The number of aromatic nitrogens is 2. The third-order valence-electron chi connectivity index (χ3n) is 2.68. The fourth-order valence-corrected chi connectivity index (χ4v) is 1.84. The summed E-state index contributed by atoms with van der Waals surface area (Å²) in [5.74, 6) is -0.169. The molecular formula is C14H17N3O3. The van der Waals surface area contributed by atoms with Crippen LogP contribution in [0.15, 0.2) is 29.0 Å². The Hall–Kier alpha value is -2.21. The van der Waals surface area contributed by atoms with Crippen LogP contribution in [0.3, 0.4) is 0 Å². The van der Waals surface area contributed by atoms with E-state index in [9.17, 15) is 9.90 Å². The summed E-state index contributed by atoms with van der Waals surface area (Å²) in [6.07, 6.45) is 2.31. The highest BCUT2D eigenvalue weighted by Gasteiger charge is 2.26. The molecule has 106 valence electrons. The molecule has 2 aromatic rings. The second-order valence-corrected chi connectivity index (χ2v) is 4.82. The highest BCUT2D eigenvalue weighted by molar-refractivity contribution is 6.01. The number of hydrogen-bond donors (Lipinski definition) is 2. The summed E-state index contributed by atoms with van der Waals surface area (Å²) < 4.78 is 5.13. The number of rotatable bonds is 4. The number of nitrogens with zero attached hydrogens (tertiary/aromatic N) is 2. The number of aliphatic hydroxyl groups excluding tert-OH is 1. The van der Waals surface area contributed by atoms with Crippen molar-refractivity contribution >= 4 is 5.91 Å². The van der Waals surface area contributed by atoms with E-state index in [1.165, 1.54) is 6.92 Å². The summed E-state index contributed by atoms with van der Waals surface area (Å²) in [6, 6.07) is 3.50. The second-order valence-electron chi connectivity index (χ2n) is 4.82. The fourth-order valence-electron chi connectivity index (χ4n) is 1.84. The zero-order valence-corrected chi connectivity index (χ0v) is 11.6. The number of pyridine rings is 1. The van der Waals surface area contributed by atoms with Crippen LogP contribution < -0.4 is 5.32 Å². The first-order chi connectivity index (χ1) is 9.50. The average Bonchev–Trinajstić information content (AvgIpc) is 2.83. The maximum atomic E-state index is 12.3. The minimum Gasteiger partial charge on any atom is -0.385 e. The van der Waals surface area contributed by atoms with Gasteiger partial charge in [-0.05, 0) is 32.9 Å². The van der Waals surface area contributed by atoms with Gasteiger partial charge in [-0.25, -0.2) is 0 Å². The molecule has 0 aliphatic rings. The molecule has 0 saturated heterocycles. The van der Waals surface area contributed by atoms with E-state index in [0.29, 0.717) is 11.3 Å². The number of carbonyl (C=O) groups is 1. The quantitative estimate of drug-likeness (QED) is 0.890. The maximum Gasteiger partial charge on any atom is 0.257 e. The highest BCUT2D eigenvalue weighted by atomic mass is 16.5. The summed E-state index contributed by atoms with van der Waals surface area (Å²) in [5, 5.41) is 16.4. The number of nitrogens with one attached hydrogen (secondary N) is 1. The molecule has 0 bridgehead atoms. The van der Waals surface area contributed by atoms with Gasteiger partial charge in [-0.2, -0.15) is 0 Å². The van der Waals surface area contributed by atoms with Crippen LogP contribution in [-0.4, -0.2) is 27.2 Å². The van der Waals surface area contributed by atoms with E-state index in [1.807, 2.05) is 13.8 Å². The molecular weight excluding hydrogens is 258 g/mol. The van der Waals surface area contributed by atoms with Crippen LogP contribution >= 0.6 is 0 Å². The minimum absolute atomic E-state index is 0.0269. The van der Waals surface area contributed by atoms with Crippen LogP contribution in [-0.2, 0) is 0 Å². The van der Waals surface area contributed by atoms with Crippen LogP contribution in [0, 0.1) is 0 Å². The molecule has 2 N–H and O–H groups in total. The molecule has 6 heteroatoms.